The van der Waals surface area contributed by atoms with Crippen molar-refractivity contribution in [1.29, 1.82) is 0 Å². The molecule has 3 aliphatic heterocycles. The average Bonchev–Trinajstić information content (AvgIpc) is 3.12. The van der Waals surface area contributed by atoms with Crippen LogP contribution in [-0.2, 0) is 0 Å². The fourth-order valence-electron chi connectivity index (χ4n) is 3.72. The van der Waals surface area contributed by atoms with Crippen LogP contribution in [-0.4, -0.2) is 55.3 Å². The summed E-state index contributed by atoms with van der Waals surface area (Å²) in [6.07, 6.45) is 2.31. The Labute approximate surface area is 130 Å². The second kappa shape index (κ2) is 5.35. The van der Waals surface area contributed by atoms with E-state index in [1.54, 1.807) is 0 Å². The van der Waals surface area contributed by atoms with Gasteiger partial charge in [0.15, 0.2) is 11.5 Å². The smallest absolute Gasteiger partial charge is 0.322 e. The van der Waals surface area contributed by atoms with Gasteiger partial charge in [0.25, 0.3) is 0 Å². The molecule has 6 nitrogen and oxygen atoms in total. The molecule has 0 aromatic heterocycles. The standard InChI is InChI=1S/C16H21N3O3/c1-18-6-4-11-5-7-19(13(11)9-18)16(20)17-12-2-3-14-15(8-12)22-10-21-14/h2-3,8,11,13H,4-7,9-10H2,1H3,(H,17,20)/t11-,13-/m0/s1. The molecule has 22 heavy (non-hydrogen) atoms. The molecule has 4 rings (SSSR count). The molecule has 2 atom stereocenters. The number of nitrogens with zero attached hydrogens (tertiary/aromatic N) is 2. The van der Waals surface area contributed by atoms with Gasteiger partial charge in [0.2, 0.25) is 6.79 Å². The van der Waals surface area contributed by atoms with E-state index in [9.17, 15) is 4.79 Å². The second-order valence-corrected chi connectivity index (χ2v) is 6.36. The predicted molar refractivity (Wildman–Crippen MR) is 82.3 cm³/mol. The molecule has 0 radical (unpaired) electrons. The number of anilines is 1. The summed E-state index contributed by atoms with van der Waals surface area (Å²) in [7, 11) is 2.13. The zero-order chi connectivity index (χ0) is 15.1. The summed E-state index contributed by atoms with van der Waals surface area (Å²) in [5.41, 5.74) is 0.752. The molecule has 2 saturated heterocycles. The lowest BCUT2D eigenvalue weighted by molar-refractivity contribution is 0.137. The molecule has 2 fully saturated rings. The lowest BCUT2D eigenvalue weighted by atomic mass is 9.92. The van der Waals surface area contributed by atoms with Crippen LogP contribution in [0, 0.1) is 5.92 Å². The Balaban J connectivity index is 1.46. The van der Waals surface area contributed by atoms with Crippen molar-refractivity contribution in [3.8, 4) is 11.5 Å². The normalized spacial score (nSPS) is 26.9. The summed E-state index contributed by atoms with van der Waals surface area (Å²) in [5, 5.41) is 2.99. The van der Waals surface area contributed by atoms with Crippen molar-refractivity contribution < 1.29 is 14.3 Å². The Morgan fingerprint density at radius 2 is 2.05 bits per heavy atom. The molecule has 0 unspecified atom stereocenters. The maximum absolute atomic E-state index is 12.6. The molecule has 6 heteroatoms. The first kappa shape index (κ1) is 13.7. The van der Waals surface area contributed by atoms with Crippen LogP contribution in [0.2, 0.25) is 0 Å². The molecule has 0 spiro atoms. The monoisotopic (exact) mass is 303 g/mol. The number of nitrogens with one attached hydrogen (secondary N) is 1. The van der Waals surface area contributed by atoms with E-state index in [1.165, 1.54) is 6.42 Å². The fourth-order valence-corrected chi connectivity index (χ4v) is 3.72. The molecule has 0 aliphatic carbocycles. The molecule has 3 heterocycles. The van der Waals surface area contributed by atoms with Crippen LogP contribution in [0.4, 0.5) is 10.5 Å². The van der Waals surface area contributed by atoms with Gasteiger partial charge in [-0.05, 0) is 44.5 Å². The molecular formula is C16H21N3O3. The molecule has 0 saturated carbocycles. The van der Waals surface area contributed by atoms with Gasteiger partial charge in [0.1, 0.15) is 0 Å². The second-order valence-electron chi connectivity index (χ2n) is 6.36. The van der Waals surface area contributed by atoms with Crippen molar-refractivity contribution in [1.82, 2.24) is 9.80 Å². The number of rotatable bonds is 1. The molecule has 118 valence electrons. The summed E-state index contributed by atoms with van der Waals surface area (Å²) in [5.74, 6) is 2.07. The van der Waals surface area contributed by atoms with Gasteiger partial charge in [-0.15, -0.1) is 0 Å². The third-order valence-electron chi connectivity index (χ3n) is 4.95. The summed E-state index contributed by atoms with van der Waals surface area (Å²) in [6, 6.07) is 5.83. The number of likely N-dealkylation sites (tertiary alicyclic amines) is 2. The molecule has 1 N–H and O–H groups in total. The predicted octanol–water partition coefficient (Wildman–Crippen LogP) is 1.97. The lowest BCUT2D eigenvalue weighted by Crippen LogP contribution is -2.49. The van der Waals surface area contributed by atoms with Crippen molar-refractivity contribution >= 4 is 11.7 Å². The number of hydrogen-bond acceptors (Lipinski definition) is 4. The highest BCUT2D eigenvalue weighted by Crippen LogP contribution is 2.35. The van der Waals surface area contributed by atoms with Gasteiger partial charge in [0.05, 0.1) is 0 Å². The largest absolute Gasteiger partial charge is 0.454 e. The number of amides is 2. The van der Waals surface area contributed by atoms with Crippen molar-refractivity contribution in [2.45, 2.75) is 18.9 Å². The first-order valence-electron chi connectivity index (χ1n) is 7.86. The number of ether oxygens (including phenoxy) is 2. The van der Waals surface area contributed by atoms with Crippen molar-refractivity contribution in [3.63, 3.8) is 0 Å². The van der Waals surface area contributed by atoms with Crippen LogP contribution in [0.5, 0.6) is 11.5 Å². The van der Waals surface area contributed by atoms with Crippen LogP contribution < -0.4 is 14.8 Å². The highest BCUT2D eigenvalue weighted by molar-refractivity contribution is 5.90. The SMILES string of the molecule is CN1CC[C@H]2CCN(C(=O)Nc3ccc4c(c3)OCO4)[C@H]2C1. The Morgan fingerprint density at radius 3 is 2.95 bits per heavy atom. The maximum atomic E-state index is 12.6. The third kappa shape index (κ3) is 2.37. The molecule has 0 bridgehead atoms. The number of urea groups is 1. The number of carbonyl (C=O) groups excluding carboxylic acids is 1. The highest BCUT2D eigenvalue weighted by Gasteiger charge is 2.39. The molecule has 1 aromatic carbocycles. The minimum Gasteiger partial charge on any atom is -0.454 e. The fraction of sp³-hybridized carbons (Fsp3) is 0.562. The van der Waals surface area contributed by atoms with E-state index in [4.69, 9.17) is 9.47 Å². The molecule has 3 aliphatic rings. The molecule has 2 amide bonds. The number of benzene rings is 1. The number of likely N-dealkylation sites (N-methyl/N-ethyl adjacent to an activating group) is 1. The Bertz CT molecular complexity index is 592. The summed E-state index contributed by atoms with van der Waals surface area (Å²) < 4.78 is 10.6. The third-order valence-corrected chi connectivity index (χ3v) is 4.95. The van der Waals surface area contributed by atoms with E-state index in [-0.39, 0.29) is 12.8 Å². The average molecular weight is 303 g/mol. The van der Waals surface area contributed by atoms with Gasteiger partial charge >= 0.3 is 6.03 Å². The molecular weight excluding hydrogens is 282 g/mol. The first-order chi connectivity index (χ1) is 10.7. The zero-order valence-electron chi connectivity index (χ0n) is 12.7. The topological polar surface area (TPSA) is 54.0 Å². The lowest BCUT2D eigenvalue weighted by Gasteiger charge is -2.36. The summed E-state index contributed by atoms with van der Waals surface area (Å²) in [4.78, 5) is 16.9. The van der Waals surface area contributed by atoms with E-state index >= 15 is 0 Å². The van der Waals surface area contributed by atoms with Crippen LogP contribution in [0.25, 0.3) is 0 Å². The Hall–Kier alpha value is -1.95. The van der Waals surface area contributed by atoms with E-state index in [2.05, 4.69) is 17.3 Å². The number of fused-ring (bicyclic) bond motifs is 2. The Morgan fingerprint density at radius 1 is 1.23 bits per heavy atom. The Kier molecular flexibility index (Phi) is 3.33. The van der Waals surface area contributed by atoms with Gasteiger partial charge in [0, 0.05) is 30.9 Å². The summed E-state index contributed by atoms with van der Waals surface area (Å²) >= 11 is 0. The van der Waals surface area contributed by atoms with Gasteiger partial charge in [-0.1, -0.05) is 0 Å². The van der Waals surface area contributed by atoms with Crippen LogP contribution in [0.1, 0.15) is 12.8 Å². The summed E-state index contributed by atoms with van der Waals surface area (Å²) in [6.45, 7) is 3.20. The van der Waals surface area contributed by atoms with Gasteiger partial charge in [-0.3, -0.25) is 0 Å². The number of piperidine rings is 1. The highest BCUT2D eigenvalue weighted by atomic mass is 16.7. The zero-order valence-corrected chi connectivity index (χ0v) is 12.7. The van der Waals surface area contributed by atoms with E-state index in [0.29, 0.717) is 17.7 Å². The minimum absolute atomic E-state index is 0.0123. The van der Waals surface area contributed by atoms with Crippen LogP contribution in [0.15, 0.2) is 18.2 Å². The van der Waals surface area contributed by atoms with Crippen molar-refractivity contribution in [2.75, 3.05) is 38.8 Å². The van der Waals surface area contributed by atoms with Gasteiger partial charge in [-0.2, -0.15) is 0 Å². The van der Waals surface area contributed by atoms with Crippen molar-refractivity contribution in [3.05, 3.63) is 18.2 Å². The first-order valence-corrected chi connectivity index (χ1v) is 7.86. The maximum Gasteiger partial charge on any atom is 0.322 e. The van der Waals surface area contributed by atoms with E-state index in [0.717, 1.165) is 37.5 Å². The van der Waals surface area contributed by atoms with Gasteiger partial charge < -0.3 is 24.6 Å². The van der Waals surface area contributed by atoms with Crippen LogP contribution >= 0.6 is 0 Å². The van der Waals surface area contributed by atoms with E-state index < -0.39 is 0 Å². The van der Waals surface area contributed by atoms with E-state index in [1.807, 2.05) is 23.1 Å². The van der Waals surface area contributed by atoms with Crippen LogP contribution in [0.3, 0.4) is 0 Å². The van der Waals surface area contributed by atoms with Gasteiger partial charge in [-0.25, -0.2) is 4.79 Å². The molecule has 1 aromatic rings. The number of carbonyl (C=O) groups is 1. The quantitative estimate of drug-likeness (QED) is 0.862. The number of hydrogen-bond donors (Lipinski definition) is 1. The van der Waals surface area contributed by atoms with Crippen molar-refractivity contribution in [2.24, 2.45) is 5.92 Å². The minimum atomic E-state index is -0.0123.